The Balaban J connectivity index is 1.52. The molecule has 111 valence electrons. The Morgan fingerprint density at radius 3 is 2.86 bits per heavy atom. The van der Waals surface area contributed by atoms with Crippen LogP contribution in [0.4, 0.5) is 0 Å². The molecule has 1 aromatic carbocycles. The summed E-state index contributed by atoms with van der Waals surface area (Å²) in [5.41, 5.74) is 1.36. The quantitative estimate of drug-likeness (QED) is 0.760. The Kier molecular flexibility index (Phi) is 4.93. The van der Waals surface area contributed by atoms with E-state index in [1.807, 2.05) is 0 Å². The molecule has 0 bridgehead atoms. The van der Waals surface area contributed by atoms with Gasteiger partial charge in [-0.05, 0) is 0 Å². The van der Waals surface area contributed by atoms with Gasteiger partial charge in [-0.15, -0.1) is 0 Å². The fraction of sp³-hybridized carbons (Fsp3) is 0.389. The van der Waals surface area contributed by atoms with E-state index in [2.05, 4.69) is 69.4 Å². The SMILES string of the molecule is C[C@H]([C]1[CH][CH][CH][C]1[Se]C[C@H]1Cc2ccccc2O1)N(C)C. The van der Waals surface area contributed by atoms with Crippen LogP contribution in [0.3, 0.4) is 0 Å². The zero-order valence-electron chi connectivity index (χ0n) is 12.9. The van der Waals surface area contributed by atoms with Gasteiger partial charge in [-0.1, -0.05) is 0 Å². The number of nitrogens with zero attached hydrogens (tertiary/aromatic N) is 1. The second-order valence-electron chi connectivity index (χ2n) is 5.85. The van der Waals surface area contributed by atoms with Crippen LogP contribution < -0.4 is 4.74 Å². The number of hydrogen-bond donors (Lipinski definition) is 0. The van der Waals surface area contributed by atoms with E-state index in [9.17, 15) is 0 Å². The molecule has 1 aliphatic carbocycles. The van der Waals surface area contributed by atoms with Gasteiger partial charge in [0.25, 0.3) is 0 Å². The van der Waals surface area contributed by atoms with Crippen molar-refractivity contribution in [2.24, 2.45) is 0 Å². The summed E-state index contributed by atoms with van der Waals surface area (Å²) in [7, 11) is 4.29. The molecule has 1 fully saturated rings. The van der Waals surface area contributed by atoms with Gasteiger partial charge in [-0.25, -0.2) is 0 Å². The van der Waals surface area contributed by atoms with Crippen molar-refractivity contribution in [2.45, 2.75) is 30.8 Å². The third kappa shape index (κ3) is 3.47. The molecule has 0 amide bonds. The molecule has 3 heteroatoms. The average Bonchev–Trinajstić information content (AvgIpc) is 3.10. The monoisotopic (exact) mass is 348 g/mol. The van der Waals surface area contributed by atoms with Crippen molar-refractivity contribution in [3.05, 3.63) is 59.8 Å². The number of hydrogen-bond acceptors (Lipinski definition) is 2. The molecule has 21 heavy (non-hydrogen) atoms. The zero-order chi connectivity index (χ0) is 14.8. The summed E-state index contributed by atoms with van der Waals surface area (Å²) in [6.45, 7) is 2.27. The first-order chi connectivity index (χ1) is 10.1. The maximum absolute atomic E-state index is 6.06. The molecule has 2 aliphatic rings. The van der Waals surface area contributed by atoms with E-state index in [1.54, 1.807) is 0 Å². The molecule has 2 atom stereocenters. The summed E-state index contributed by atoms with van der Waals surface area (Å²) in [6.07, 6.45) is 8.18. The van der Waals surface area contributed by atoms with E-state index in [-0.39, 0.29) is 0 Å². The summed E-state index contributed by atoms with van der Waals surface area (Å²) < 4.78 is 6.06. The average molecular weight is 347 g/mol. The van der Waals surface area contributed by atoms with Crippen molar-refractivity contribution >= 4 is 15.0 Å². The molecule has 1 heterocycles. The molecule has 0 aromatic heterocycles. The predicted molar refractivity (Wildman–Crippen MR) is 87.7 cm³/mol. The summed E-state index contributed by atoms with van der Waals surface area (Å²) in [6, 6.07) is 8.91. The van der Waals surface area contributed by atoms with Crippen LogP contribution in [0, 0.1) is 30.0 Å². The van der Waals surface area contributed by atoms with Crippen molar-refractivity contribution < 1.29 is 4.74 Å². The Labute approximate surface area is 135 Å². The van der Waals surface area contributed by atoms with Crippen molar-refractivity contribution in [3.63, 3.8) is 0 Å². The molecule has 3 rings (SSSR count). The van der Waals surface area contributed by atoms with Crippen molar-refractivity contribution in [1.82, 2.24) is 4.90 Å². The first kappa shape index (κ1) is 15.4. The zero-order valence-corrected chi connectivity index (χ0v) is 14.6. The summed E-state index contributed by atoms with van der Waals surface area (Å²) >= 11 is 0.482. The number of fused-ring (bicyclic) bond motifs is 1. The first-order valence-electron chi connectivity index (χ1n) is 7.44. The van der Waals surface area contributed by atoms with Crippen molar-refractivity contribution in [1.29, 1.82) is 0 Å². The van der Waals surface area contributed by atoms with Gasteiger partial charge in [0, 0.05) is 0 Å². The van der Waals surface area contributed by atoms with E-state index in [0.717, 1.165) is 17.5 Å². The van der Waals surface area contributed by atoms with Crippen LogP contribution in [-0.2, 0) is 6.42 Å². The third-order valence-corrected chi connectivity index (χ3v) is 6.73. The molecular formula is C18H22NOSe. The van der Waals surface area contributed by atoms with Crippen LogP contribution in [-0.4, -0.2) is 46.1 Å². The van der Waals surface area contributed by atoms with Gasteiger partial charge in [0.1, 0.15) is 0 Å². The van der Waals surface area contributed by atoms with Gasteiger partial charge in [0.05, 0.1) is 0 Å². The Morgan fingerprint density at radius 2 is 2.10 bits per heavy atom. The van der Waals surface area contributed by atoms with Gasteiger partial charge < -0.3 is 0 Å². The summed E-state index contributed by atoms with van der Waals surface area (Å²) in [5.74, 6) is 2.57. The van der Waals surface area contributed by atoms with E-state index < -0.39 is 0 Å². The standard InChI is InChI=1S/C18H22NOSe/c1-13(19(2)3)16-8-6-10-18(16)21-12-15-11-14-7-4-5-9-17(14)20-15/h4-10,13,15H,11-12H2,1-3H3/t13-,15-/m1/s1. The van der Waals surface area contributed by atoms with Crippen molar-refractivity contribution in [3.8, 4) is 5.75 Å². The summed E-state index contributed by atoms with van der Waals surface area (Å²) in [5, 5.41) is 1.15. The van der Waals surface area contributed by atoms with Crippen LogP contribution in [0.5, 0.6) is 5.75 Å². The van der Waals surface area contributed by atoms with Crippen LogP contribution in [0.2, 0.25) is 5.32 Å². The number of rotatable bonds is 5. The Morgan fingerprint density at radius 1 is 1.29 bits per heavy atom. The van der Waals surface area contributed by atoms with Crippen molar-refractivity contribution in [2.75, 3.05) is 14.1 Å². The summed E-state index contributed by atoms with van der Waals surface area (Å²) in [4.78, 5) is 3.81. The number of para-hydroxylation sites is 1. The first-order valence-corrected chi connectivity index (χ1v) is 9.51. The Bertz CT molecular complexity index is 451. The van der Waals surface area contributed by atoms with E-state index >= 15 is 0 Å². The second-order valence-corrected chi connectivity index (χ2v) is 8.08. The minimum absolute atomic E-state index is 0.361. The number of benzene rings is 1. The van der Waals surface area contributed by atoms with E-state index in [0.29, 0.717) is 27.1 Å². The molecular weight excluding hydrogens is 325 g/mol. The van der Waals surface area contributed by atoms with E-state index in [1.165, 1.54) is 16.3 Å². The fourth-order valence-corrected chi connectivity index (χ4v) is 5.08. The minimum atomic E-state index is 0.361. The second kappa shape index (κ2) is 6.73. The molecule has 0 saturated heterocycles. The molecule has 5 radical (unpaired) electrons. The van der Waals surface area contributed by atoms with Gasteiger partial charge in [-0.3, -0.25) is 0 Å². The fourth-order valence-electron chi connectivity index (χ4n) is 2.70. The molecule has 2 nitrogen and oxygen atoms in total. The third-order valence-electron chi connectivity index (χ3n) is 4.17. The van der Waals surface area contributed by atoms with Gasteiger partial charge in [0.15, 0.2) is 0 Å². The van der Waals surface area contributed by atoms with Gasteiger partial charge in [0.2, 0.25) is 0 Å². The van der Waals surface area contributed by atoms with Crippen LogP contribution in [0.25, 0.3) is 0 Å². The molecule has 0 spiro atoms. The van der Waals surface area contributed by atoms with Crippen LogP contribution >= 0.6 is 0 Å². The molecule has 0 unspecified atom stereocenters. The maximum atomic E-state index is 6.06. The van der Waals surface area contributed by atoms with Crippen LogP contribution in [0.1, 0.15) is 12.5 Å². The molecule has 1 saturated carbocycles. The van der Waals surface area contributed by atoms with Crippen LogP contribution in [0.15, 0.2) is 24.3 Å². The number of ether oxygens (including phenoxy) is 1. The molecule has 1 aromatic rings. The molecule has 1 aliphatic heterocycles. The predicted octanol–water partition coefficient (Wildman–Crippen LogP) is 2.80. The molecule has 0 N–H and O–H groups in total. The Hall–Kier alpha value is -0.501. The topological polar surface area (TPSA) is 12.5 Å². The van der Waals surface area contributed by atoms with Gasteiger partial charge >= 0.3 is 135 Å². The van der Waals surface area contributed by atoms with Gasteiger partial charge in [-0.2, -0.15) is 0 Å². The normalized spacial score (nSPS) is 24.3. The van der Waals surface area contributed by atoms with E-state index in [4.69, 9.17) is 4.74 Å².